The maximum Gasteiger partial charge on any atom is 0.0580 e. The molecule has 17 heavy (non-hydrogen) atoms. The summed E-state index contributed by atoms with van der Waals surface area (Å²) in [4.78, 5) is 0. The Hall–Kier alpha value is -0.820. The van der Waals surface area contributed by atoms with E-state index in [-0.39, 0.29) is 6.10 Å². The number of hydrogen-bond donors (Lipinski definition) is 1. The fourth-order valence-electron chi connectivity index (χ4n) is 2.83. The van der Waals surface area contributed by atoms with Gasteiger partial charge in [-0.05, 0) is 37.7 Å². The fourth-order valence-corrected chi connectivity index (χ4v) is 2.83. The zero-order valence-corrected chi connectivity index (χ0v) is 10.9. The molecule has 1 aromatic carbocycles. The molecule has 1 aliphatic carbocycles. The lowest BCUT2D eigenvalue weighted by atomic mass is 9.96. The molecule has 0 heterocycles. The van der Waals surface area contributed by atoms with Crippen molar-refractivity contribution in [3.8, 4) is 0 Å². The van der Waals surface area contributed by atoms with Crippen molar-refractivity contribution in [1.29, 1.82) is 0 Å². The van der Waals surface area contributed by atoms with Crippen molar-refractivity contribution in [2.45, 2.75) is 58.0 Å². The Morgan fingerprint density at radius 3 is 2.47 bits per heavy atom. The molecule has 0 spiro atoms. The van der Waals surface area contributed by atoms with Crippen LogP contribution in [0.2, 0.25) is 0 Å². The standard InChI is InChI=1S/C16H24O/c1-13-6-8-15(9-7-13)12-16(17)11-10-14-4-2-3-5-14/h6-9,14,16-17H,2-5,10-12H2,1H3. The average Bonchev–Trinajstić information content (AvgIpc) is 2.83. The van der Waals surface area contributed by atoms with Crippen molar-refractivity contribution >= 4 is 0 Å². The SMILES string of the molecule is Cc1ccc(CC(O)CCC2CCCC2)cc1. The Bertz CT molecular complexity index is 322. The summed E-state index contributed by atoms with van der Waals surface area (Å²) in [5.41, 5.74) is 2.55. The van der Waals surface area contributed by atoms with Crippen LogP contribution in [0.3, 0.4) is 0 Å². The van der Waals surface area contributed by atoms with Crippen molar-refractivity contribution in [1.82, 2.24) is 0 Å². The first-order valence-corrected chi connectivity index (χ1v) is 6.97. The molecule has 94 valence electrons. The lowest BCUT2D eigenvalue weighted by Gasteiger charge is -2.14. The van der Waals surface area contributed by atoms with Gasteiger partial charge in [-0.15, -0.1) is 0 Å². The predicted molar refractivity (Wildman–Crippen MR) is 72.1 cm³/mol. The van der Waals surface area contributed by atoms with Crippen molar-refractivity contribution in [3.63, 3.8) is 0 Å². The van der Waals surface area contributed by atoms with E-state index in [1.54, 1.807) is 0 Å². The lowest BCUT2D eigenvalue weighted by molar-refractivity contribution is 0.155. The largest absolute Gasteiger partial charge is 0.393 e. The minimum absolute atomic E-state index is 0.154. The zero-order valence-electron chi connectivity index (χ0n) is 10.9. The van der Waals surface area contributed by atoms with Crippen LogP contribution < -0.4 is 0 Å². The number of hydrogen-bond acceptors (Lipinski definition) is 1. The highest BCUT2D eigenvalue weighted by atomic mass is 16.3. The van der Waals surface area contributed by atoms with Crippen molar-refractivity contribution < 1.29 is 5.11 Å². The molecule has 0 bridgehead atoms. The fraction of sp³-hybridized carbons (Fsp3) is 0.625. The molecule has 1 heteroatoms. The molecule has 2 rings (SSSR count). The first kappa shape index (κ1) is 12.6. The van der Waals surface area contributed by atoms with Gasteiger partial charge in [-0.25, -0.2) is 0 Å². The van der Waals surface area contributed by atoms with Crippen molar-refractivity contribution in [2.24, 2.45) is 5.92 Å². The third-order valence-electron chi connectivity index (χ3n) is 3.97. The van der Waals surface area contributed by atoms with E-state index in [4.69, 9.17) is 0 Å². The summed E-state index contributed by atoms with van der Waals surface area (Å²) in [6.07, 6.45) is 8.42. The summed E-state index contributed by atoms with van der Waals surface area (Å²) in [5.74, 6) is 0.891. The highest BCUT2D eigenvalue weighted by Crippen LogP contribution is 2.29. The topological polar surface area (TPSA) is 20.2 Å². The molecule has 1 aromatic rings. The molecule has 1 N–H and O–H groups in total. The van der Waals surface area contributed by atoms with Gasteiger partial charge in [0.2, 0.25) is 0 Å². The van der Waals surface area contributed by atoms with E-state index in [0.29, 0.717) is 0 Å². The minimum atomic E-state index is -0.154. The normalized spacial score (nSPS) is 18.5. The molecular formula is C16H24O. The summed E-state index contributed by atoms with van der Waals surface area (Å²) >= 11 is 0. The third kappa shape index (κ3) is 4.16. The van der Waals surface area contributed by atoms with E-state index in [2.05, 4.69) is 31.2 Å². The minimum Gasteiger partial charge on any atom is -0.393 e. The summed E-state index contributed by atoms with van der Waals surface area (Å²) in [5, 5.41) is 10.0. The zero-order chi connectivity index (χ0) is 12.1. The van der Waals surface area contributed by atoms with E-state index in [0.717, 1.165) is 18.8 Å². The number of benzene rings is 1. The van der Waals surface area contributed by atoms with Gasteiger partial charge in [0.25, 0.3) is 0 Å². The molecule has 0 radical (unpaired) electrons. The molecule has 0 aliphatic heterocycles. The summed E-state index contributed by atoms with van der Waals surface area (Å²) in [6.45, 7) is 2.10. The van der Waals surface area contributed by atoms with E-state index < -0.39 is 0 Å². The van der Waals surface area contributed by atoms with Crippen LogP contribution in [0.1, 0.15) is 49.7 Å². The Kier molecular flexibility index (Phi) is 4.61. The second kappa shape index (κ2) is 6.20. The quantitative estimate of drug-likeness (QED) is 0.817. The second-order valence-corrected chi connectivity index (χ2v) is 5.57. The van der Waals surface area contributed by atoms with E-state index in [9.17, 15) is 5.11 Å². The number of aryl methyl sites for hydroxylation is 1. The molecule has 0 aromatic heterocycles. The predicted octanol–water partition coefficient (Wildman–Crippen LogP) is 3.87. The van der Waals surface area contributed by atoms with Gasteiger partial charge in [-0.3, -0.25) is 0 Å². The first-order chi connectivity index (χ1) is 8.24. The van der Waals surface area contributed by atoms with Gasteiger partial charge in [0.15, 0.2) is 0 Å². The molecular weight excluding hydrogens is 208 g/mol. The molecule has 0 amide bonds. The Labute approximate surface area is 105 Å². The first-order valence-electron chi connectivity index (χ1n) is 6.97. The molecule has 1 fully saturated rings. The lowest BCUT2D eigenvalue weighted by Crippen LogP contribution is -2.12. The van der Waals surface area contributed by atoms with Crippen LogP contribution in [-0.2, 0) is 6.42 Å². The van der Waals surface area contributed by atoms with Gasteiger partial charge in [-0.2, -0.15) is 0 Å². The van der Waals surface area contributed by atoms with Crippen molar-refractivity contribution in [3.05, 3.63) is 35.4 Å². The van der Waals surface area contributed by atoms with Gasteiger partial charge in [-0.1, -0.05) is 55.5 Å². The molecule has 0 saturated heterocycles. The Morgan fingerprint density at radius 1 is 1.18 bits per heavy atom. The molecule has 1 atom stereocenters. The molecule has 1 saturated carbocycles. The number of aliphatic hydroxyl groups is 1. The summed E-state index contributed by atoms with van der Waals surface area (Å²) in [7, 11) is 0. The maximum absolute atomic E-state index is 10.0. The van der Waals surface area contributed by atoms with Gasteiger partial charge >= 0.3 is 0 Å². The number of rotatable bonds is 5. The average molecular weight is 232 g/mol. The van der Waals surface area contributed by atoms with Crippen LogP contribution >= 0.6 is 0 Å². The van der Waals surface area contributed by atoms with E-state index >= 15 is 0 Å². The van der Waals surface area contributed by atoms with Gasteiger partial charge < -0.3 is 5.11 Å². The number of aliphatic hydroxyl groups excluding tert-OH is 1. The van der Waals surface area contributed by atoms with Crippen LogP contribution in [0.5, 0.6) is 0 Å². The maximum atomic E-state index is 10.0. The van der Waals surface area contributed by atoms with Gasteiger partial charge in [0.1, 0.15) is 0 Å². The van der Waals surface area contributed by atoms with Crippen LogP contribution in [0, 0.1) is 12.8 Å². The van der Waals surface area contributed by atoms with Gasteiger partial charge in [0, 0.05) is 0 Å². The van der Waals surface area contributed by atoms with Crippen LogP contribution in [0.25, 0.3) is 0 Å². The molecule has 1 nitrogen and oxygen atoms in total. The molecule has 1 aliphatic rings. The monoisotopic (exact) mass is 232 g/mol. The second-order valence-electron chi connectivity index (χ2n) is 5.57. The van der Waals surface area contributed by atoms with Crippen LogP contribution in [0.4, 0.5) is 0 Å². The van der Waals surface area contributed by atoms with E-state index in [1.807, 2.05) is 0 Å². The Morgan fingerprint density at radius 2 is 1.82 bits per heavy atom. The third-order valence-corrected chi connectivity index (χ3v) is 3.97. The van der Waals surface area contributed by atoms with Gasteiger partial charge in [0.05, 0.1) is 6.10 Å². The smallest absolute Gasteiger partial charge is 0.0580 e. The van der Waals surface area contributed by atoms with Crippen LogP contribution in [0.15, 0.2) is 24.3 Å². The molecule has 1 unspecified atom stereocenters. The Balaban J connectivity index is 1.72. The summed E-state index contributed by atoms with van der Waals surface area (Å²) in [6, 6.07) is 8.51. The highest BCUT2D eigenvalue weighted by molar-refractivity contribution is 5.21. The highest BCUT2D eigenvalue weighted by Gasteiger charge is 2.16. The van der Waals surface area contributed by atoms with E-state index in [1.165, 1.54) is 43.2 Å². The summed E-state index contributed by atoms with van der Waals surface area (Å²) < 4.78 is 0. The van der Waals surface area contributed by atoms with Crippen LogP contribution in [-0.4, -0.2) is 11.2 Å². The van der Waals surface area contributed by atoms with Crippen molar-refractivity contribution in [2.75, 3.05) is 0 Å².